The lowest BCUT2D eigenvalue weighted by atomic mass is 10.1. The molecule has 4 aromatic rings. The Kier molecular flexibility index (Phi) is 4.11. The van der Waals surface area contributed by atoms with Gasteiger partial charge in [0.05, 0.1) is 10.9 Å². The van der Waals surface area contributed by atoms with Crippen molar-refractivity contribution in [2.24, 2.45) is 5.73 Å². The number of aromatic amines is 1. The van der Waals surface area contributed by atoms with Crippen molar-refractivity contribution in [3.8, 4) is 5.75 Å². The summed E-state index contributed by atoms with van der Waals surface area (Å²) in [6.07, 6.45) is 0. The first-order chi connectivity index (χ1) is 11.9. The van der Waals surface area contributed by atoms with Crippen LogP contribution in [0.2, 0.25) is 0 Å². The fourth-order valence-corrected chi connectivity index (χ4v) is 3.82. The van der Waals surface area contributed by atoms with Crippen molar-refractivity contribution in [3.05, 3.63) is 60.7 Å². The zero-order chi connectivity index (χ0) is 16.4. The largest absolute Gasteiger partial charge is 0.491 e. The molecule has 0 saturated carbocycles. The van der Waals surface area contributed by atoms with Gasteiger partial charge in [-0.25, -0.2) is 0 Å². The van der Waals surface area contributed by atoms with Gasteiger partial charge in [0.2, 0.25) is 0 Å². The standard InChI is InChI=1S/C19H17N3OS/c20-11-12-23-16-9-4-8-15-18(16)19(22-21-15)24-17-10-3-6-13-5-1-2-7-14(13)17/h1-10H,11-12,20H2,(H,21,22). The molecule has 0 aliphatic heterocycles. The molecule has 1 aromatic heterocycles. The van der Waals surface area contributed by atoms with Crippen LogP contribution in [0.25, 0.3) is 21.7 Å². The van der Waals surface area contributed by atoms with Gasteiger partial charge in [-0.05, 0) is 29.0 Å². The number of H-pyrrole nitrogens is 1. The summed E-state index contributed by atoms with van der Waals surface area (Å²) in [5.74, 6) is 0.814. The molecule has 0 bridgehead atoms. The number of nitrogens with one attached hydrogen (secondary N) is 1. The lowest BCUT2D eigenvalue weighted by Crippen LogP contribution is -2.10. The molecule has 3 N–H and O–H groups in total. The minimum atomic E-state index is 0.486. The van der Waals surface area contributed by atoms with E-state index in [1.165, 1.54) is 15.7 Å². The van der Waals surface area contributed by atoms with E-state index in [1.54, 1.807) is 11.8 Å². The average Bonchev–Trinajstić information content (AvgIpc) is 3.04. The van der Waals surface area contributed by atoms with Crippen LogP contribution in [0.15, 0.2) is 70.6 Å². The van der Waals surface area contributed by atoms with Gasteiger partial charge in [-0.2, -0.15) is 5.10 Å². The number of aromatic nitrogens is 2. The quantitative estimate of drug-likeness (QED) is 0.573. The molecule has 4 nitrogen and oxygen atoms in total. The second-order valence-corrected chi connectivity index (χ2v) is 6.45. The number of benzene rings is 3. The van der Waals surface area contributed by atoms with Crippen LogP contribution in [-0.2, 0) is 0 Å². The van der Waals surface area contributed by atoms with Gasteiger partial charge in [0.15, 0.2) is 0 Å². The highest BCUT2D eigenvalue weighted by Gasteiger charge is 2.13. The van der Waals surface area contributed by atoms with Gasteiger partial charge >= 0.3 is 0 Å². The van der Waals surface area contributed by atoms with Crippen molar-refractivity contribution in [2.75, 3.05) is 13.2 Å². The molecule has 0 spiro atoms. The number of nitrogens with two attached hydrogens (primary N) is 1. The van der Waals surface area contributed by atoms with Crippen LogP contribution >= 0.6 is 11.8 Å². The van der Waals surface area contributed by atoms with Crippen LogP contribution < -0.4 is 10.5 Å². The SMILES string of the molecule is NCCOc1cccc2[nH]nc(Sc3cccc4ccccc34)c12. The maximum absolute atomic E-state index is 5.79. The molecule has 4 rings (SSSR count). The third-order valence-corrected chi connectivity index (χ3v) is 4.91. The summed E-state index contributed by atoms with van der Waals surface area (Å²) in [7, 11) is 0. The second kappa shape index (κ2) is 6.55. The van der Waals surface area contributed by atoms with Gasteiger partial charge in [-0.1, -0.05) is 54.2 Å². The van der Waals surface area contributed by atoms with Crippen LogP contribution in [0.3, 0.4) is 0 Å². The van der Waals surface area contributed by atoms with Crippen LogP contribution in [0.5, 0.6) is 5.75 Å². The third-order valence-electron chi connectivity index (χ3n) is 3.85. The van der Waals surface area contributed by atoms with Crippen molar-refractivity contribution in [3.63, 3.8) is 0 Å². The summed E-state index contributed by atoms with van der Waals surface area (Å²) >= 11 is 1.65. The van der Waals surface area contributed by atoms with E-state index >= 15 is 0 Å². The highest BCUT2D eigenvalue weighted by atomic mass is 32.2. The number of nitrogens with zero attached hydrogens (tertiary/aromatic N) is 1. The predicted molar refractivity (Wildman–Crippen MR) is 98.7 cm³/mol. The smallest absolute Gasteiger partial charge is 0.134 e. The first kappa shape index (κ1) is 15.1. The van der Waals surface area contributed by atoms with Crippen LogP contribution in [0.1, 0.15) is 0 Å². The van der Waals surface area contributed by atoms with E-state index in [0.717, 1.165) is 21.7 Å². The Bertz CT molecular complexity index is 991. The van der Waals surface area contributed by atoms with Gasteiger partial charge < -0.3 is 10.5 Å². The molecule has 1 heterocycles. The third kappa shape index (κ3) is 2.72. The average molecular weight is 335 g/mol. The normalized spacial score (nSPS) is 11.2. The molecular weight excluding hydrogens is 318 g/mol. The molecule has 5 heteroatoms. The Morgan fingerprint density at radius 1 is 1.00 bits per heavy atom. The van der Waals surface area contributed by atoms with Crippen molar-refractivity contribution in [2.45, 2.75) is 9.92 Å². The van der Waals surface area contributed by atoms with Crippen LogP contribution in [-0.4, -0.2) is 23.3 Å². The van der Waals surface area contributed by atoms with Gasteiger partial charge in [-0.3, -0.25) is 5.10 Å². The molecule has 3 aromatic carbocycles. The van der Waals surface area contributed by atoms with Gasteiger partial charge in [0, 0.05) is 11.4 Å². The Balaban J connectivity index is 1.79. The number of hydrogen-bond acceptors (Lipinski definition) is 4. The molecule has 0 aliphatic carbocycles. The summed E-state index contributed by atoms with van der Waals surface area (Å²) in [4.78, 5) is 1.18. The molecule has 0 aliphatic rings. The molecule has 0 atom stereocenters. The monoisotopic (exact) mass is 335 g/mol. The molecule has 0 fully saturated rings. The maximum Gasteiger partial charge on any atom is 0.134 e. The van der Waals surface area contributed by atoms with E-state index in [0.29, 0.717) is 13.2 Å². The Labute approximate surface area is 144 Å². The minimum Gasteiger partial charge on any atom is -0.491 e. The predicted octanol–water partition coefficient (Wildman–Crippen LogP) is 4.20. The van der Waals surface area contributed by atoms with Gasteiger partial charge in [-0.15, -0.1) is 0 Å². The zero-order valence-electron chi connectivity index (χ0n) is 13.0. The van der Waals surface area contributed by atoms with Gasteiger partial charge in [0.1, 0.15) is 17.4 Å². The van der Waals surface area contributed by atoms with E-state index in [1.807, 2.05) is 18.2 Å². The van der Waals surface area contributed by atoms with Crippen LogP contribution in [0, 0.1) is 0 Å². The molecule has 24 heavy (non-hydrogen) atoms. The number of ether oxygens (including phenoxy) is 1. The summed E-state index contributed by atoms with van der Waals surface area (Å²) in [6, 6.07) is 20.6. The molecule has 120 valence electrons. The van der Waals surface area contributed by atoms with Crippen LogP contribution in [0.4, 0.5) is 0 Å². The highest BCUT2D eigenvalue weighted by molar-refractivity contribution is 7.99. The molecule has 0 saturated heterocycles. The van der Waals surface area contributed by atoms with Crippen molar-refractivity contribution in [1.82, 2.24) is 10.2 Å². The molecule has 0 radical (unpaired) electrons. The summed E-state index contributed by atoms with van der Waals surface area (Å²) in [5.41, 5.74) is 6.53. The highest BCUT2D eigenvalue weighted by Crippen LogP contribution is 2.39. The Morgan fingerprint density at radius 3 is 2.75 bits per heavy atom. The lowest BCUT2D eigenvalue weighted by molar-refractivity contribution is 0.332. The molecule has 0 amide bonds. The Morgan fingerprint density at radius 2 is 1.83 bits per heavy atom. The number of fused-ring (bicyclic) bond motifs is 2. The van der Waals surface area contributed by atoms with E-state index in [4.69, 9.17) is 10.5 Å². The zero-order valence-corrected chi connectivity index (χ0v) is 13.8. The molecular formula is C19H17N3OS. The van der Waals surface area contributed by atoms with E-state index < -0.39 is 0 Å². The second-order valence-electron chi connectivity index (χ2n) is 5.42. The topological polar surface area (TPSA) is 63.9 Å². The lowest BCUT2D eigenvalue weighted by Gasteiger charge is -2.08. The van der Waals surface area contributed by atoms with E-state index in [9.17, 15) is 0 Å². The number of rotatable bonds is 5. The van der Waals surface area contributed by atoms with E-state index in [-0.39, 0.29) is 0 Å². The summed E-state index contributed by atoms with van der Waals surface area (Å²) < 4.78 is 5.79. The van der Waals surface area contributed by atoms with Crippen molar-refractivity contribution < 1.29 is 4.74 Å². The minimum absolute atomic E-state index is 0.486. The maximum atomic E-state index is 5.79. The summed E-state index contributed by atoms with van der Waals surface area (Å²) in [6.45, 7) is 0.975. The fourth-order valence-electron chi connectivity index (χ4n) is 2.76. The number of hydrogen-bond donors (Lipinski definition) is 2. The van der Waals surface area contributed by atoms with Crippen molar-refractivity contribution >= 4 is 33.4 Å². The van der Waals surface area contributed by atoms with Crippen molar-refractivity contribution in [1.29, 1.82) is 0 Å². The van der Waals surface area contributed by atoms with E-state index in [2.05, 4.69) is 52.7 Å². The fraction of sp³-hybridized carbons (Fsp3) is 0.105. The first-order valence-corrected chi connectivity index (χ1v) is 8.64. The summed E-state index contributed by atoms with van der Waals surface area (Å²) in [5, 5.41) is 11.9. The first-order valence-electron chi connectivity index (χ1n) is 7.82. The van der Waals surface area contributed by atoms with Gasteiger partial charge in [0.25, 0.3) is 0 Å². The molecule has 0 unspecified atom stereocenters. The Hall–Kier alpha value is -2.50.